The van der Waals surface area contributed by atoms with Crippen LogP contribution in [0.1, 0.15) is 133 Å². The monoisotopic (exact) mass is 784 g/mol. The van der Waals surface area contributed by atoms with Gasteiger partial charge in [0.1, 0.15) is 10.7 Å². The van der Waals surface area contributed by atoms with E-state index in [4.69, 9.17) is 147 Å². The lowest BCUT2D eigenvalue weighted by molar-refractivity contribution is -0.385. The molecule has 3 aromatic rings. The highest BCUT2D eigenvalue weighted by Gasteiger charge is 2.17. The molecule has 38 heavy (non-hydrogen) atoms. The fourth-order valence-electron chi connectivity index (χ4n) is 2.23. The number of pyridine rings is 3. The Morgan fingerprint density at radius 1 is 0.789 bits per heavy atom. The fraction of sp³-hybridized carbons (Fsp3) is 0. The molecule has 282 valence electrons. The van der Waals surface area contributed by atoms with Crippen molar-refractivity contribution in [2.45, 2.75) is 0 Å². The molecule has 16 N–H and O–H groups in total. The van der Waals surface area contributed by atoms with Gasteiger partial charge in [0, 0.05) is 146 Å². The van der Waals surface area contributed by atoms with Crippen molar-refractivity contribution in [3.63, 3.8) is 0 Å². The zero-order chi connectivity index (χ0) is 105. The van der Waals surface area contributed by atoms with Crippen LogP contribution in [0.3, 0.4) is 0 Å². The summed E-state index contributed by atoms with van der Waals surface area (Å²) in [6, 6.07) is 8.87. The molecule has 0 saturated heterocycles. The van der Waals surface area contributed by atoms with E-state index in [0.29, 0.717) is 11.4 Å². The van der Waals surface area contributed by atoms with Crippen LogP contribution in [0.2, 0.25) is 0 Å². The van der Waals surface area contributed by atoms with E-state index in [1.54, 1.807) is 18.3 Å². The summed E-state index contributed by atoms with van der Waals surface area (Å²) in [5, 5.41) is 27.2. The van der Waals surface area contributed by atoms with Crippen LogP contribution < -0.4 is 46.3 Å². The highest BCUT2D eigenvalue weighted by Crippen LogP contribution is 2.14. The molecule has 3 rings (SSSR count). The van der Waals surface area contributed by atoms with Crippen molar-refractivity contribution in [1.82, 2.24) is 15.0 Å². The third-order valence-electron chi connectivity index (χ3n) is 3.80. The Morgan fingerprint density at radius 3 is 1.53 bits per heavy atom. The number of nitrogen functional groups attached to an aromatic ring is 1. The zero-order valence-corrected chi connectivity index (χ0v) is 20.3. The second kappa shape index (κ2) is 16.9. The average molecular weight is 785 g/mol. The van der Waals surface area contributed by atoms with E-state index >= 15 is 0 Å². The minimum Gasteiger partial charge on any atom is -0.397 e. The summed E-state index contributed by atoms with van der Waals surface area (Å²) in [6.45, 7) is 0. The van der Waals surface area contributed by atoms with Gasteiger partial charge in [-0.25, -0.2) is 9.97 Å². The van der Waals surface area contributed by atoms with Crippen molar-refractivity contribution in [2.24, 2.45) is 50.8 Å². The summed E-state index contributed by atoms with van der Waals surface area (Å²) < 4.78 is 380. The molecule has 0 aliphatic rings. The highest BCUT2D eigenvalue weighted by molar-refractivity contribution is 7.80. The molecular formula is C18H105N15O4S. The molecule has 0 saturated carbocycles. The van der Waals surface area contributed by atoms with E-state index in [-0.39, 0.29) is 42.3 Å². The van der Waals surface area contributed by atoms with Gasteiger partial charge in [-0.3, -0.25) is 36.9 Å². The Hall–Kier alpha value is -5.60. The first-order chi connectivity index (χ1) is 56.0. The smallest absolute Gasteiger partial charge is 0.298 e. The molecule has 0 aliphatic carbocycles. The molecule has 0 spiro atoms. The van der Waals surface area contributed by atoms with E-state index in [1.807, 2.05) is 0 Å². The van der Waals surface area contributed by atoms with Gasteiger partial charge in [0.05, 0.1) is 15.5 Å². The number of anilines is 1. The lowest BCUT2D eigenvalue weighted by atomic mass is 10.3. The Bertz CT molecular complexity index is 1370. The fourth-order valence-corrected chi connectivity index (χ4v) is 2.39. The maximum atomic E-state index is 10.5. The molecule has 0 unspecified atom stereocenters. The number of thiocarbonyl (C=S) groups is 1. The summed E-state index contributed by atoms with van der Waals surface area (Å²) in [6.07, 6.45) is 4.35. The van der Waals surface area contributed by atoms with Gasteiger partial charge in [-0.05, 0) is 24.3 Å². The van der Waals surface area contributed by atoms with Gasteiger partial charge < -0.3 is 34.6 Å². The lowest BCUT2D eigenvalue weighted by Crippen LogP contribution is -2.18. The zero-order valence-electron chi connectivity index (χ0n) is 95.5. The maximum Gasteiger partial charge on any atom is 0.298 e. The molecule has 0 bridgehead atoms. The largest absolute Gasteiger partial charge is 0.397 e. The normalized spacial score (nSPS) is 18.3. The number of rotatable bonds is 5. The molecule has 0 aliphatic heterocycles. The van der Waals surface area contributed by atoms with Gasteiger partial charge in [0.25, 0.3) is 11.4 Å². The second-order valence-corrected chi connectivity index (χ2v) is 6.53. The van der Waals surface area contributed by atoms with Crippen molar-refractivity contribution in [1.29, 1.82) is 0 Å². The predicted octanol–water partition coefficient (Wildman–Crippen LogP) is 8.09. The lowest BCUT2D eigenvalue weighted by Gasteiger charge is -2.00. The van der Waals surface area contributed by atoms with Crippen LogP contribution in [0.5, 0.6) is 0 Å². The van der Waals surface area contributed by atoms with Crippen molar-refractivity contribution < 1.29 is 126 Å². The topological polar surface area (TPSA) is 358 Å². The molecular weight excluding hydrogens is 522 g/mol. The van der Waals surface area contributed by atoms with E-state index in [9.17, 15) is 20.2 Å². The van der Waals surface area contributed by atoms with Gasteiger partial charge in [0.15, 0.2) is 23.1 Å². The van der Waals surface area contributed by atoms with Gasteiger partial charge in [-0.15, -0.1) is 0 Å². The molecule has 0 atom stereocenters. The molecule has 0 aromatic carbocycles. The van der Waals surface area contributed by atoms with Gasteiger partial charge in [0.2, 0.25) is 0 Å². The van der Waals surface area contributed by atoms with Gasteiger partial charge in [-0.2, -0.15) is 10.2 Å². The summed E-state index contributed by atoms with van der Waals surface area (Å²) >= 11 is 4.58. The number of hydrazone groups is 2. The van der Waals surface area contributed by atoms with Gasteiger partial charge >= 0.3 is 0 Å². The first-order valence-electron chi connectivity index (χ1n) is 47.6. The summed E-state index contributed by atoms with van der Waals surface area (Å²) in [7, 11) is 0. The van der Waals surface area contributed by atoms with Crippen LogP contribution in [-0.2, 0) is 0 Å². The maximum absolute atomic E-state index is 10.5. The molecule has 3 heterocycles. The number of amidine groups is 2. The number of hydrogen-bond acceptors (Lipinski definition) is 15. The Labute approximate surface area is 340 Å². The second-order valence-electron chi connectivity index (χ2n) is 6.09. The third-order valence-corrected chi connectivity index (χ3v) is 4.00. The Morgan fingerprint density at radius 2 is 1.16 bits per heavy atom. The molecule has 3 aromatic heterocycles. The molecule has 19 nitrogen and oxygen atoms in total. The molecule has 0 amide bonds. The number of nitrogens with zero attached hydrogens (tertiary/aromatic N) is 7. The Balaban J connectivity index is -0.0000000132. The van der Waals surface area contributed by atoms with Crippen LogP contribution in [0, 0.1) is 20.2 Å². The summed E-state index contributed by atoms with van der Waals surface area (Å²) in [5.41, 5.74) is 22.0. The summed E-state index contributed by atoms with van der Waals surface area (Å²) in [4.78, 5) is 30.9. The Kier molecular flexibility index (Phi) is 2.96. The minimum absolute atomic E-state index is 0. The van der Waals surface area contributed by atoms with Crippen LogP contribution in [-0.4, -0.2) is 41.5 Å². The van der Waals surface area contributed by atoms with Crippen LogP contribution in [0.4, 0.5) is 17.1 Å². The number of hydrogen-bond donors (Lipinski definition) is 8. The molecule has 0 fully saturated rings. The number of aromatic nitrogens is 3. The minimum atomic E-state index is -0.597. The number of hydrazine groups is 1. The van der Waals surface area contributed by atoms with E-state index in [1.165, 1.54) is 36.7 Å². The predicted molar refractivity (Wildman–Crippen MR) is 229 cm³/mol. The van der Waals surface area contributed by atoms with Crippen molar-refractivity contribution in [3.8, 4) is 0 Å². The number of nitrogens with two attached hydrogens (primary N) is 8. The van der Waals surface area contributed by atoms with Crippen LogP contribution in [0.15, 0.2) is 65.2 Å². The summed E-state index contributed by atoms with van der Waals surface area (Å²) in [5.74, 6) is 17.8. The first-order valence-corrected chi connectivity index (χ1v) is 10.1. The SMILES string of the molecule is N/N=C(\N)c1ncccc1N.N/N=C(\N)c1ncccc1[N+](=O)[O-].NC(=S)c1ncccc1[N+](=O)[O-].NN.[3HH].[3HH].[3H][3H].[3H][3H].[3H][3H].[3H][3H].[3H][3H].[3H][3H].[3H][3H].[3H][3H].[3H][3H].[3H][3H].[3H][3H].[3H][3H].[3H][3H].[3H][3H].[3H][3H].[3H][3H].[3H][3H].[3H][3H].[3H][3H].[3H][3H].[3H][3H].[3H][3H].[3H][3H].[3H][3H].[3H][3H].[3H][3H].[3H][3H].[3H][3H].[3H][3H].[3H][3H].[3H][3H].[3H][3H].[3H][3H].[3H][3H].[3H][3H].[3H][3H].[3H][3H].[3H][3H]. The van der Waals surface area contributed by atoms with E-state index in [2.05, 4.69) is 49.1 Å². The quantitative estimate of drug-likeness (QED) is 0.0302. The van der Waals surface area contributed by atoms with Crippen LogP contribution >= 0.6 is 12.2 Å². The van der Waals surface area contributed by atoms with Crippen LogP contribution in [0.25, 0.3) is 0 Å². The van der Waals surface area contributed by atoms with E-state index < -0.39 is 9.85 Å². The van der Waals surface area contributed by atoms with Crippen molar-refractivity contribution in [3.05, 3.63) is 92.3 Å². The van der Waals surface area contributed by atoms with E-state index in [0.717, 1.165) is 0 Å². The third kappa shape index (κ3) is 9.95. The first kappa shape index (κ1) is 6.63. The standard InChI is InChI=1S/C6H7N5O2.C6H9N5.C6H5N3O2S.H4N2.40H2/c7-6(10-8)5-4(11(12)13)2-1-3-9-5;7-4-2-1-3-10-5(4)6(8)11-9;7-6(12)5-4(9(10)11)2-1-3-8-5;1-2;;;;;;;;;;;;;;;;;;;;;;;;;;;;;;;;;;;;;;;;/h1-3H,8H2,(H2,7,10);1-3H,7,9H2,(H2,8,11);1-3H,(H2,7,12);1-2H2;40*1H/i;;;;38*1+2T;2*1+2. The number of nitro groups is 2. The van der Waals surface area contributed by atoms with Crippen molar-refractivity contribution >= 4 is 45.9 Å². The average Bonchev–Trinajstić information content (AvgIpc) is 0.873. The highest BCUT2D eigenvalue weighted by atomic mass is 32.1. The van der Waals surface area contributed by atoms with Crippen molar-refractivity contribution in [2.75, 3.05) is 5.73 Å². The van der Waals surface area contributed by atoms with Gasteiger partial charge in [-0.1, -0.05) is 12.2 Å². The molecule has 0 radical (unpaired) electrons. The molecule has 20 heteroatoms.